The van der Waals surface area contributed by atoms with Crippen molar-refractivity contribution in [2.45, 2.75) is 12.6 Å². The monoisotopic (exact) mass is 432 g/mol. The molecule has 2 heterocycles. The van der Waals surface area contributed by atoms with Gasteiger partial charge < -0.3 is 25.0 Å². The van der Waals surface area contributed by atoms with Gasteiger partial charge in [-0.15, -0.1) is 0 Å². The zero-order chi connectivity index (χ0) is 20.7. The standard InChI is InChI=1S/C19H27F3N4O2S/c20-19(21,22)15-2-3-17(26-8-12-28-13-9-26)16(14-15)24-18(29)23-4-1-5-25-6-10-27-11-7-25/h2-3,14H,1,4-13H2,(H2,23,24,29). The number of hydrogen-bond acceptors (Lipinski definition) is 5. The molecule has 2 saturated heterocycles. The third-order valence-corrected chi connectivity index (χ3v) is 5.21. The lowest BCUT2D eigenvalue weighted by molar-refractivity contribution is -0.137. The lowest BCUT2D eigenvalue weighted by atomic mass is 10.1. The fraction of sp³-hybridized carbons (Fsp3) is 0.632. The third kappa shape index (κ3) is 6.70. The first kappa shape index (κ1) is 22.1. The van der Waals surface area contributed by atoms with Gasteiger partial charge in [-0.3, -0.25) is 4.90 Å². The number of rotatable bonds is 6. The second-order valence-electron chi connectivity index (χ2n) is 7.02. The summed E-state index contributed by atoms with van der Waals surface area (Å²) in [7, 11) is 0. The van der Waals surface area contributed by atoms with Gasteiger partial charge in [-0.25, -0.2) is 0 Å². The molecule has 2 N–H and O–H groups in total. The van der Waals surface area contributed by atoms with Crippen molar-refractivity contribution >= 4 is 28.7 Å². The smallest absolute Gasteiger partial charge is 0.379 e. The number of morpholine rings is 2. The van der Waals surface area contributed by atoms with Gasteiger partial charge in [-0.2, -0.15) is 13.2 Å². The largest absolute Gasteiger partial charge is 0.416 e. The van der Waals surface area contributed by atoms with E-state index in [1.807, 2.05) is 4.90 Å². The third-order valence-electron chi connectivity index (χ3n) is 4.96. The summed E-state index contributed by atoms with van der Waals surface area (Å²) in [5, 5.41) is 6.38. The summed E-state index contributed by atoms with van der Waals surface area (Å²) in [6, 6.07) is 3.72. The Kier molecular flexibility index (Phi) is 7.93. The van der Waals surface area contributed by atoms with Gasteiger partial charge in [0.2, 0.25) is 0 Å². The van der Waals surface area contributed by atoms with E-state index in [2.05, 4.69) is 15.5 Å². The first-order chi connectivity index (χ1) is 13.9. The Hall–Kier alpha value is -1.62. The molecule has 6 nitrogen and oxygen atoms in total. The number of thiocarbonyl (C=S) groups is 1. The maximum atomic E-state index is 13.2. The van der Waals surface area contributed by atoms with Gasteiger partial charge in [0.15, 0.2) is 5.11 Å². The van der Waals surface area contributed by atoms with Crippen LogP contribution in [0.3, 0.4) is 0 Å². The van der Waals surface area contributed by atoms with Crippen molar-refractivity contribution in [1.29, 1.82) is 0 Å². The maximum absolute atomic E-state index is 13.2. The predicted octanol–water partition coefficient (Wildman–Crippen LogP) is 2.55. The molecule has 0 bridgehead atoms. The highest BCUT2D eigenvalue weighted by atomic mass is 32.1. The van der Waals surface area contributed by atoms with Gasteiger partial charge in [0.25, 0.3) is 0 Å². The molecule has 2 aliphatic rings. The SMILES string of the molecule is FC(F)(F)c1ccc(N2CCOCC2)c(NC(=S)NCCCN2CCOCC2)c1. The van der Waals surface area contributed by atoms with Crippen LogP contribution in [0.25, 0.3) is 0 Å². The van der Waals surface area contributed by atoms with E-state index >= 15 is 0 Å². The van der Waals surface area contributed by atoms with Crippen LogP contribution in [0.5, 0.6) is 0 Å². The first-order valence-electron chi connectivity index (χ1n) is 9.82. The minimum Gasteiger partial charge on any atom is -0.379 e. The quantitative estimate of drug-likeness (QED) is 0.529. The molecule has 1 aromatic carbocycles. The van der Waals surface area contributed by atoms with E-state index in [0.29, 0.717) is 49.3 Å². The highest BCUT2D eigenvalue weighted by Gasteiger charge is 2.31. The van der Waals surface area contributed by atoms with Crippen LogP contribution in [0.4, 0.5) is 24.5 Å². The second kappa shape index (κ2) is 10.4. The minimum atomic E-state index is -4.41. The summed E-state index contributed by atoms with van der Waals surface area (Å²) in [6.45, 7) is 7.29. The predicted molar refractivity (Wildman–Crippen MR) is 111 cm³/mol. The van der Waals surface area contributed by atoms with Crippen molar-refractivity contribution in [3.8, 4) is 0 Å². The van der Waals surface area contributed by atoms with Gasteiger partial charge >= 0.3 is 6.18 Å². The van der Waals surface area contributed by atoms with E-state index in [1.165, 1.54) is 6.07 Å². The normalized spacial score (nSPS) is 18.5. The Morgan fingerprint density at radius 1 is 1.03 bits per heavy atom. The molecule has 0 aromatic heterocycles. The van der Waals surface area contributed by atoms with Crippen LogP contribution in [-0.2, 0) is 15.7 Å². The van der Waals surface area contributed by atoms with Crippen molar-refractivity contribution in [2.24, 2.45) is 0 Å². The molecule has 3 rings (SSSR count). The van der Waals surface area contributed by atoms with Crippen molar-refractivity contribution < 1.29 is 22.6 Å². The fourth-order valence-corrected chi connectivity index (χ4v) is 3.60. The lowest BCUT2D eigenvalue weighted by Crippen LogP contribution is -2.39. The Morgan fingerprint density at radius 3 is 2.34 bits per heavy atom. The van der Waals surface area contributed by atoms with Gasteiger partial charge in [0.05, 0.1) is 43.4 Å². The summed E-state index contributed by atoms with van der Waals surface area (Å²) in [5.41, 5.74) is 0.346. The van der Waals surface area contributed by atoms with Gasteiger partial charge in [0.1, 0.15) is 0 Å². The maximum Gasteiger partial charge on any atom is 0.416 e. The molecule has 29 heavy (non-hydrogen) atoms. The van der Waals surface area contributed by atoms with E-state index in [4.69, 9.17) is 21.7 Å². The Morgan fingerprint density at radius 2 is 1.69 bits per heavy atom. The van der Waals surface area contributed by atoms with Crippen LogP contribution in [0.2, 0.25) is 0 Å². The molecule has 0 spiro atoms. The number of alkyl halides is 3. The molecule has 162 valence electrons. The molecule has 0 amide bonds. The Balaban J connectivity index is 1.58. The van der Waals surface area contributed by atoms with Crippen LogP contribution in [-0.4, -0.2) is 75.7 Å². The average molecular weight is 433 g/mol. The number of ether oxygens (including phenoxy) is 2. The summed E-state index contributed by atoms with van der Waals surface area (Å²) in [4.78, 5) is 4.33. The molecular formula is C19H27F3N4O2S. The van der Waals surface area contributed by atoms with Crippen LogP contribution in [0, 0.1) is 0 Å². The first-order valence-corrected chi connectivity index (χ1v) is 10.2. The molecule has 0 unspecified atom stereocenters. The highest BCUT2D eigenvalue weighted by molar-refractivity contribution is 7.80. The van der Waals surface area contributed by atoms with Crippen LogP contribution in [0.1, 0.15) is 12.0 Å². The van der Waals surface area contributed by atoms with Crippen LogP contribution in [0.15, 0.2) is 18.2 Å². The van der Waals surface area contributed by atoms with Crippen molar-refractivity contribution in [1.82, 2.24) is 10.2 Å². The number of anilines is 2. The summed E-state index contributed by atoms with van der Waals surface area (Å²) < 4.78 is 50.2. The molecule has 0 atom stereocenters. The number of halogens is 3. The Bertz CT molecular complexity index is 678. The molecule has 2 fully saturated rings. The number of nitrogens with zero attached hydrogens (tertiary/aromatic N) is 2. The lowest BCUT2D eigenvalue weighted by Gasteiger charge is -2.31. The summed E-state index contributed by atoms with van der Waals surface area (Å²) in [6.07, 6.45) is -3.52. The van der Waals surface area contributed by atoms with Gasteiger partial charge in [-0.05, 0) is 43.4 Å². The van der Waals surface area contributed by atoms with Crippen molar-refractivity contribution in [3.63, 3.8) is 0 Å². The summed E-state index contributed by atoms with van der Waals surface area (Å²) in [5.74, 6) is 0. The zero-order valence-electron chi connectivity index (χ0n) is 16.3. The average Bonchev–Trinajstić information content (AvgIpc) is 2.72. The van der Waals surface area contributed by atoms with Crippen LogP contribution < -0.4 is 15.5 Å². The van der Waals surface area contributed by atoms with E-state index in [9.17, 15) is 13.2 Å². The van der Waals surface area contributed by atoms with E-state index in [0.717, 1.165) is 51.4 Å². The van der Waals surface area contributed by atoms with Gasteiger partial charge in [0, 0.05) is 32.7 Å². The van der Waals surface area contributed by atoms with E-state index in [1.54, 1.807) is 0 Å². The molecule has 0 radical (unpaired) electrons. The zero-order valence-corrected chi connectivity index (χ0v) is 17.1. The molecule has 1 aromatic rings. The molecule has 10 heteroatoms. The number of nitrogens with one attached hydrogen (secondary N) is 2. The molecular weight excluding hydrogens is 405 g/mol. The molecule has 2 aliphatic heterocycles. The Labute approximate surface area is 174 Å². The number of hydrogen-bond donors (Lipinski definition) is 2. The van der Waals surface area contributed by atoms with Gasteiger partial charge in [-0.1, -0.05) is 0 Å². The minimum absolute atomic E-state index is 0.320. The topological polar surface area (TPSA) is 49.0 Å². The molecule has 0 saturated carbocycles. The van der Waals surface area contributed by atoms with E-state index < -0.39 is 11.7 Å². The molecule has 0 aliphatic carbocycles. The van der Waals surface area contributed by atoms with Crippen LogP contribution >= 0.6 is 12.2 Å². The van der Waals surface area contributed by atoms with Crippen molar-refractivity contribution in [2.75, 3.05) is 75.9 Å². The fourth-order valence-electron chi connectivity index (χ4n) is 3.39. The highest BCUT2D eigenvalue weighted by Crippen LogP contribution is 2.35. The van der Waals surface area contributed by atoms with E-state index in [-0.39, 0.29) is 0 Å². The number of benzene rings is 1. The van der Waals surface area contributed by atoms with Crippen molar-refractivity contribution in [3.05, 3.63) is 23.8 Å². The summed E-state index contributed by atoms with van der Waals surface area (Å²) >= 11 is 5.32. The second-order valence-corrected chi connectivity index (χ2v) is 7.43.